The van der Waals surface area contributed by atoms with Crippen LogP contribution in [0.3, 0.4) is 0 Å². The molecule has 37 heteroatoms. The van der Waals surface area contributed by atoms with E-state index in [0.717, 1.165) is 68.1 Å². The van der Waals surface area contributed by atoms with Gasteiger partial charge < -0.3 is 63.1 Å². The molecule has 0 spiro atoms. The number of hydrogen-bond donors (Lipinski definition) is 8. The molecule has 0 amide bonds. The summed E-state index contributed by atoms with van der Waals surface area (Å²) in [4.78, 5) is 52.2. The highest BCUT2D eigenvalue weighted by Gasteiger charge is 2.43. The molecule has 0 saturated heterocycles. The Kier molecular flexibility index (Phi) is 21.6. The highest BCUT2D eigenvalue weighted by Crippen LogP contribution is 2.43. The van der Waals surface area contributed by atoms with Gasteiger partial charge in [-0.2, -0.15) is 53.0 Å². The molecule has 0 bridgehead atoms. The van der Waals surface area contributed by atoms with Gasteiger partial charge in [0.05, 0.1) is 51.2 Å². The molecule has 12 N–H and O–H groups in total. The number of ether oxygens (including phenoxy) is 4. The Bertz CT molecular complexity index is 6320. The number of nitrogen functional groups attached to an aromatic ring is 4. The second-order valence-corrected chi connectivity index (χ2v) is 25.4. The highest BCUT2D eigenvalue weighted by atomic mass is 19.4. The van der Waals surface area contributed by atoms with E-state index in [9.17, 15) is 39.5 Å². The van der Waals surface area contributed by atoms with Crippen LogP contribution in [-0.4, -0.2) is 97.8 Å². The number of rotatable bonds is 17. The highest BCUT2D eigenvalue weighted by molar-refractivity contribution is 5.81. The summed E-state index contributed by atoms with van der Waals surface area (Å²) in [5.41, 5.74) is 32.4. The zero-order chi connectivity index (χ0) is 81.9. The number of hydrogen-bond acceptors (Lipinski definition) is 24. The van der Waals surface area contributed by atoms with E-state index in [1.165, 1.54) is 48.5 Å². The van der Waals surface area contributed by atoms with Crippen LogP contribution in [0.1, 0.15) is 49.6 Å². The van der Waals surface area contributed by atoms with E-state index < -0.39 is 41.7 Å². The first kappa shape index (κ1) is 77.6. The number of imidazole rings is 4. The molecule has 116 heavy (non-hydrogen) atoms. The van der Waals surface area contributed by atoms with Crippen LogP contribution in [0, 0.1) is 37.1 Å². The van der Waals surface area contributed by atoms with Crippen LogP contribution in [0.4, 0.5) is 109 Å². The van der Waals surface area contributed by atoms with Crippen molar-refractivity contribution in [2.24, 2.45) is 0 Å². The number of aromatic nitrogens is 16. The molecule has 0 atom stereocenters. The summed E-state index contributed by atoms with van der Waals surface area (Å²) in [6.45, 7) is 9.61. The Morgan fingerprint density at radius 1 is 0.405 bits per heavy atom. The third-order valence-corrected chi connectivity index (χ3v) is 17.4. The first-order valence-electron chi connectivity index (χ1n) is 35.4. The molecule has 0 unspecified atom stereocenters. The van der Waals surface area contributed by atoms with Crippen molar-refractivity contribution >= 4 is 113 Å². The number of methoxy groups -OCH3 is 1. The third-order valence-electron chi connectivity index (χ3n) is 17.4. The zero-order valence-electron chi connectivity index (χ0n) is 62.0. The molecular weight excluding hydrogens is 1520 g/mol. The number of benzene rings is 8. The maximum Gasteiger partial charge on any atom is 0.586 e. The van der Waals surface area contributed by atoms with E-state index in [1.807, 2.05) is 129 Å². The molecule has 8 aromatic heterocycles. The van der Waals surface area contributed by atoms with Crippen molar-refractivity contribution in [2.75, 3.05) is 51.3 Å². The van der Waals surface area contributed by atoms with Crippen LogP contribution in [0.25, 0.3) is 67.9 Å². The van der Waals surface area contributed by atoms with Gasteiger partial charge in [0.25, 0.3) is 0 Å². The Morgan fingerprint density at radius 3 is 1.25 bits per heavy atom. The van der Waals surface area contributed by atoms with Gasteiger partial charge in [0, 0.05) is 60.2 Å². The molecule has 16 aromatic rings. The van der Waals surface area contributed by atoms with E-state index in [1.54, 1.807) is 58.1 Å². The van der Waals surface area contributed by atoms with E-state index in [4.69, 9.17) is 27.7 Å². The van der Waals surface area contributed by atoms with Crippen LogP contribution in [0.5, 0.6) is 23.0 Å². The lowest BCUT2D eigenvalue weighted by Crippen LogP contribution is -2.25. The average molecular weight is 1590 g/mol. The monoisotopic (exact) mass is 1590 g/mol. The third kappa shape index (κ3) is 16.9. The molecule has 8 aromatic carbocycles. The van der Waals surface area contributed by atoms with Crippen LogP contribution in [0.2, 0.25) is 0 Å². The van der Waals surface area contributed by atoms with Crippen LogP contribution < -0.4 is 63.1 Å². The number of anilines is 12. The topological polar surface area (TPSA) is 364 Å². The molecule has 1 aliphatic heterocycles. The Labute approximate surface area is 652 Å². The van der Waals surface area contributed by atoms with Crippen molar-refractivity contribution in [3.05, 3.63) is 240 Å². The molecule has 9 heterocycles. The van der Waals surface area contributed by atoms with E-state index >= 15 is 0 Å². The molecule has 28 nitrogen and oxygen atoms in total. The van der Waals surface area contributed by atoms with Gasteiger partial charge in [0.15, 0.2) is 46.4 Å². The molecule has 0 saturated carbocycles. The largest absolute Gasteiger partial charge is 0.586 e. The summed E-state index contributed by atoms with van der Waals surface area (Å²) in [6, 6.07) is 52.0. The number of halogens is 9. The smallest absolute Gasteiger partial charge is 0.497 e. The van der Waals surface area contributed by atoms with Gasteiger partial charge in [-0.1, -0.05) is 74.9 Å². The fourth-order valence-electron chi connectivity index (χ4n) is 12.2. The lowest BCUT2D eigenvalue weighted by molar-refractivity contribution is -0.286. The van der Waals surface area contributed by atoms with Crippen LogP contribution in [-0.2, 0) is 19.3 Å². The Morgan fingerprint density at radius 2 is 0.810 bits per heavy atom. The van der Waals surface area contributed by atoms with Gasteiger partial charge in [0.1, 0.15) is 52.2 Å². The number of aryl methyl sites for hydroxylation is 5. The second-order valence-electron chi connectivity index (χ2n) is 25.4. The number of nitrogens with zero attached hydrogens (tertiary/aromatic N) is 16. The number of alkyl halides is 5. The summed E-state index contributed by atoms with van der Waals surface area (Å²) in [5, 5.41) is 11.6. The first-order valence-corrected chi connectivity index (χ1v) is 35.4. The summed E-state index contributed by atoms with van der Waals surface area (Å²) < 4.78 is 146. The minimum atomic E-state index is -4.80. The first-order chi connectivity index (χ1) is 55.7. The molecule has 0 fully saturated rings. The average Bonchev–Trinajstić information content (AvgIpc) is 1.70. The summed E-state index contributed by atoms with van der Waals surface area (Å²) in [7, 11) is 1.58. The molecule has 1 aliphatic rings. The van der Waals surface area contributed by atoms with Gasteiger partial charge in [-0.25, -0.2) is 24.3 Å². The van der Waals surface area contributed by atoms with E-state index in [2.05, 4.69) is 95.3 Å². The van der Waals surface area contributed by atoms with Gasteiger partial charge in [-0.3, -0.25) is 18.3 Å². The summed E-state index contributed by atoms with van der Waals surface area (Å²) in [6.07, 6.45) is -6.60. The van der Waals surface area contributed by atoms with Crippen molar-refractivity contribution in [2.45, 2.75) is 66.5 Å². The van der Waals surface area contributed by atoms with Gasteiger partial charge in [-0.15, -0.1) is 22.0 Å². The van der Waals surface area contributed by atoms with Crippen molar-refractivity contribution < 1.29 is 58.5 Å². The second kappa shape index (κ2) is 32.3. The predicted octanol–water partition coefficient (Wildman–Crippen LogP) is 16.7. The Hall–Kier alpha value is -15.1. The van der Waals surface area contributed by atoms with Gasteiger partial charge in [-0.05, 0) is 135 Å². The van der Waals surface area contributed by atoms with Crippen molar-refractivity contribution in [3.63, 3.8) is 0 Å². The number of nitrogens with one attached hydrogen (secondary N) is 4. The summed E-state index contributed by atoms with van der Waals surface area (Å²) in [5.74, 6) is 0.395. The van der Waals surface area contributed by atoms with Gasteiger partial charge >= 0.3 is 12.7 Å². The van der Waals surface area contributed by atoms with Crippen molar-refractivity contribution in [1.29, 1.82) is 0 Å². The maximum absolute atomic E-state index is 14.6. The number of para-hydroxylation sites is 6. The normalized spacial score (nSPS) is 12.0. The van der Waals surface area contributed by atoms with Crippen LogP contribution in [0.15, 0.2) is 188 Å². The molecule has 590 valence electrons. The summed E-state index contributed by atoms with van der Waals surface area (Å²) >= 11 is 0. The fraction of sp³-hybridized carbons (Fsp3) is 0.139. The SMILES string of the molecule is CCc1nc2ccccc2n1-c1nc(N)c(F)c(Nc2ccc(C)cc2)n1.CCc1nc2ccccc2n1-c1nc(N)c(F)c(Nc2ccc(OC(F)(F)F)cc2)n1.CCc1nc2ccccc2n1-c1nc(N)c(F)c(Nc2ccc(OC)cc2)n1.Cc1nc2ccc(F)cc2n1-c1nc(N)cc(Nc2ccc3c(c2)OC(F)(F)O3)n1. The molecular formula is C79H67F9N24O4. The van der Waals surface area contributed by atoms with Crippen molar-refractivity contribution in [1.82, 2.24) is 78.1 Å². The minimum Gasteiger partial charge on any atom is -0.497 e. The quantitative estimate of drug-likeness (QED) is 0.0393. The fourth-order valence-corrected chi connectivity index (χ4v) is 12.2. The standard InChI is InChI=1S/C20H16F4N6O.C20H19FN6O.C20H19FN6.C19H13F3N6O2/c1-2-15-27-13-5-3-4-6-14(13)30(15)19-28-17(25)16(21)18(29-19)26-11-7-9-12(10-8-11)31-20(22,23)24;1-3-16-24-14-6-4-5-7-15(14)27(16)20-25-18(22)17(21)19(26-20)23-12-8-10-13(28-2)11-9-12;1-3-16-24-14-6-4-5-7-15(14)27(16)20-25-18(22)17(21)19(26-20)23-13-10-8-12(2)9-11-13;1-9-24-12-4-2-10(20)6-13(12)28(9)18-26-16(23)8-17(27-18)25-11-3-5-14-15(7-11)30-19(21,22)29-14/h3-10H,2H2,1H3,(H3,25,26,28,29);4-11H,3H2,1-2H3,(H3,22,23,25,26);4-11H,3H2,1-2H3,(H3,22,23,25,26);2-8H,1H3,(H3,23,25,26,27). The molecule has 17 rings (SSSR count). The van der Waals surface area contributed by atoms with Crippen molar-refractivity contribution in [3.8, 4) is 46.8 Å². The predicted molar refractivity (Wildman–Crippen MR) is 420 cm³/mol. The van der Waals surface area contributed by atoms with E-state index in [-0.39, 0.29) is 81.7 Å². The van der Waals surface area contributed by atoms with E-state index in [0.29, 0.717) is 64.9 Å². The molecule has 0 aliphatic carbocycles. The Balaban J connectivity index is 0.000000128. The zero-order valence-corrected chi connectivity index (χ0v) is 62.0. The van der Waals surface area contributed by atoms with Gasteiger partial charge in [0.2, 0.25) is 41.2 Å². The number of fused-ring (bicyclic) bond motifs is 5. The minimum absolute atomic E-state index is 0.00694. The maximum atomic E-state index is 14.6. The molecule has 0 radical (unpaired) electrons. The lowest BCUT2D eigenvalue weighted by atomic mass is 10.2. The van der Waals surface area contributed by atoms with Crippen LogP contribution >= 0.6 is 0 Å². The lowest BCUT2D eigenvalue weighted by Gasteiger charge is -2.13. The number of nitrogens with two attached hydrogens (primary N) is 4.